The summed E-state index contributed by atoms with van der Waals surface area (Å²) >= 11 is 1.68. The number of nitrogens with zero attached hydrogens (tertiary/aromatic N) is 2. The van der Waals surface area contributed by atoms with E-state index in [1.54, 1.807) is 11.3 Å². The lowest BCUT2D eigenvalue weighted by Gasteiger charge is -2.33. The predicted octanol–water partition coefficient (Wildman–Crippen LogP) is 2.01. The highest BCUT2D eigenvalue weighted by molar-refractivity contribution is 7.07. The molecule has 1 fully saturated rings. The molecule has 0 radical (unpaired) electrons. The molecule has 1 unspecified atom stereocenters. The van der Waals surface area contributed by atoms with Crippen molar-refractivity contribution in [2.24, 2.45) is 5.92 Å². The molecular formula is C13H23N3S. The lowest BCUT2D eigenvalue weighted by atomic mass is 9.90. The molecule has 1 N–H and O–H groups in total. The van der Waals surface area contributed by atoms with Crippen molar-refractivity contribution in [1.29, 1.82) is 0 Å². The van der Waals surface area contributed by atoms with Crippen LogP contribution in [-0.2, 0) is 6.42 Å². The minimum absolute atomic E-state index is 0.641. The maximum atomic E-state index is 4.31. The van der Waals surface area contributed by atoms with Crippen LogP contribution in [0.25, 0.3) is 0 Å². The fraction of sp³-hybridized carbons (Fsp3) is 0.769. The van der Waals surface area contributed by atoms with Crippen LogP contribution in [0.2, 0.25) is 0 Å². The Balaban J connectivity index is 1.65. The Morgan fingerprint density at radius 3 is 2.94 bits per heavy atom. The minimum atomic E-state index is 0.641. The first-order chi connectivity index (χ1) is 8.25. The largest absolute Gasteiger partial charge is 0.314 e. The fourth-order valence-electron chi connectivity index (χ4n) is 2.48. The smallest absolute Gasteiger partial charge is 0.0794 e. The van der Waals surface area contributed by atoms with Crippen molar-refractivity contribution in [2.45, 2.75) is 32.2 Å². The molecule has 2 heterocycles. The van der Waals surface area contributed by atoms with E-state index in [0.29, 0.717) is 6.04 Å². The first kappa shape index (κ1) is 13.0. The van der Waals surface area contributed by atoms with E-state index in [9.17, 15) is 0 Å². The van der Waals surface area contributed by atoms with Gasteiger partial charge in [0.1, 0.15) is 0 Å². The Morgan fingerprint density at radius 1 is 1.53 bits per heavy atom. The first-order valence-corrected chi connectivity index (χ1v) is 7.49. The molecule has 0 aromatic carbocycles. The van der Waals surface area contributed by atoms with Crippen LogP contribution in [0.15, 0.2) is 10.9 Å². The summed E-state index contributed by atoms with van der Waals surface area (Å²) < 4.78 is 0. The van der Waals surface area contributed by atoms with Crippen molar-refractivity contribution >= 4 is 11.3 Å². The van der Waals surface area contributed by atoms with Crippen molar-refractivity contribution in [1.82, 2.24) is 15.2 Å². The standard InChI is InChI=1S/C13H23N3S/c1-11(12-4-7-16(2)8-5-12)14-6-3-13-9-17-10-15-13/h9-12,14H,3-8H2,1-2H3. The van der Waals surface area contributed by atoms with Gasteiger partial charge in [0, 0.05) is 24.4 Å². The SMILES string of the molecule is CC(NCCc1cscn1)C1CCN(C)CC1. The molecule has 17 heavy (non-hydrogen) atoms. The van der Waals surface area contributed by atoms with Gasteiger partial charge in [-0.2, -0.15) is 0 Å². The maximum Gasteiger partial charge on any atom is 0.0794 e. The van der Waals surface area contributed by atoms with Crippen molar-refractivity contribution in [2.75, 3.05) is 26.7 Å². The normalized spacial score (nSPS) is 20.6. The van der Waals surface area contributed by atoms with E-state index in [1.807, 2.05) is 5.51 Å². The third-order valence-corrected chi connectivity index (χ3v) is 4.44. The third-order valence-electron chi connectivity index (χ3n) is 3.80. The van der Waals surface area contributed by atoms with Gasteiger partial charge in [-0.3, -0.25) is 0 Å². The first-order valence-electron chi connectivity index (χ1n) is 6.54. The van der Waals surface area contributed by atoms with E-state index in [4.69, 9.17) is 0 Å². The Bertz CT molecular complexity index is 304. The molecule has 1 aliphatic heterocycles. The monoisotopic (exact) mass is 253 g/mol. The van der Waals surface area contributed by atoms with Crippen LogP contribution in [0, 0.1) is 5.92 Å². The molecule has 1 aliphatic rings. The molecule has 0 spiro atoms. The molecule has 4 heteroatoms. The zero-order chi connectivity index (χ0) is 12.1. The van der Waals surface area contributed by atoms with Crippen molar-refractivity contribution in [3.63, 3.8) is 0 Å². The summed E-state index contributed by atoms with van der Waals surface area (Å²) in [7, 11) is 2.22. The van der Waals surface area contributed by atoms with E-state index in [1.165, 1.54) is 31.6 Å². The van der Waals surface area contributed by atoms with Gasteiger partial charge in [0.15, 0.2) is 0 Å². The Morgan fingerprint density at radius 2 is 2.29 bits per heavy atom. The van der Waals surface area contributed by atoms with E-state index in [0.717, 1.165) is 18.9 Å². The molecular weight excluding hydrogens is 230 g/mol. The molecule has 2 rings (SSSR count). The number of aromatic nitrogens is 1. The summed E-state index contributed by atoms with van der Waals surface area (Å²) in [5, 5.41) is 5.79. The lowest BCUT2D eigenvalue weighted by molar-refractivity contribution is 0.190. The predicted molar refractivity (Wildman–Crippen MR) is 73.5 cm³/mol. The summed E-state index contributed by atoms with van der Waals surface area (Å²) in [5.41, 5.74) is 3.13. The van der Waals surface area contributed by atoms with Gasteiger partial charge in [-0.15, -0.1) is 11.3 Å². The maximum absolute atomic E-state index is 4.31. The second-order valence-electron chi connectivity index (χ2n) is 5.11. The van der Waals surface area contributed by atoms with Gasteiger partial charge < -0.3 is 10.2 Å². The van der Waals surface area contributed by atoms with E-state index in [2.05, 4.69) is 34.6 Å². The Hall–Kier alpha value is -0.450. The highest BCUT2D eigenvalue weighted by atomic mass is 32.1. The van der Waals surface area contributed by atoms with Gasteiger partial charge >= 0.3 is 0 Å². The zero-order valence-electron chi connectivity index (χ0n) is 10.9. The number of hydrogen-bond acceptors (Lipinski definition) is 4. The zero-order valence-corrected chi connectivity index (χ0v) is 11.7. The van der Waals surface area contributed by atoms with Gasteiger partial charge in [0.05, 0.1) is 11.2 Å². The van der Waals surface area contributed by atoms with Gasteiger partial charge in [-0.25, -0.2) is 4.98 Å². The Kier molecular flexibility index (Phi) is 4.95. The average molecular weight is 253 g/mol. The second kappa shape index (κ2) is 6.47. The topological polar surface area (TPSA) is 28.2 Å². The molecule has 1 aromatic heterocycles. The summed E-state index contributed by atoms with van der Waals surface area (Å²) in [4.78, 5) is 6.74. The fourth-order valence-corrected chi connectivity index (χ4v) is 3.08. The quantitative estimate of drug-likeness (QED) is 0.870. The molecule has 0 saturated carbocycles. The van der Waals surface area contributed by atoms with E-state index >= 15 is 0 Å². The van der Waals surface area contributed by atoms with Crippen LogP contribution < -0.4 is 5.32 Å². The van der Waals surface area contributed by atoms with E-state index in [-0.39, 0.29) is 0 Å². The molecule has 1 atom stereocenters. The summed E-state index contributed by atoms with van der Waals surface area (Å²) in [6, 6.07) is 0.641. The van der Waals surface area contributed by atoms with Crippen LogP contribution in [-0.4, -0.2) is 42.6 Å². The molecule has 0 amide bonds. The van der Waals surface area contributed by atoms with Crippen molar-refractivity contribution in [3.8, 4) is 0 Å². The van der Waals surface area contributed by atoms with Gasteiger partial charge in [-0.05, 0) is 45.8 Å². The van der Waals surface area contributed by atoms with Crippen LogP contribution in [0.1, 0.15) is 25.5 Å². The summed E-state index contributed by atoms with van der Waals surface area (Å²) in [5.74, 6) is 0.849. The van der Waals surface area contributed by atoms with E-state index < -0.39 is 0 Å². The minimum Gasteiger partial charge on any atom is -0.314 e. The molecule has 96 valence electrons. The third kappa shape index (κ3) is 4.05. The summed E-state index contributed by atoms with van der Waals surface area (Å²) in [6.45, 7) is 5.89. The number of nitrogens with one attached hydrogen (secondary N) is 1. The molecule has 0 bridgehead atoms. The highest BCUT2D eigenvalue weighted by Gasteiger charge is 2.21. The summed E-state index contributed by atoms with van der Waals surface area (Å²) in [6.07, 6.45) is 3.73. The van der Waals surface area contributed by atoms with Crippen molar-refractivity contribution < 1.29 is 0 Å². The van der Waals surface area contributed by atoms with Gasteiger partial charge in [0.25, 0.3) is 0 Å². The molecule has 0 aliphatic carbocycles. The number of rotatable bonds is 5. The molecule has 1 aromatic rings. The number of likely N-dealkylation sites (tertiary alicyclic amines) is 1. The Labute approximate surface area is 108 Å². The molecule has 3 nitrogen and oxygen atoms in total. The van der Waals surface area contributed by atoms with Gasteiger partial charge in [0.2, 0.25) is 0 Å². The average Bonchev–Trinajstić information content (AvgIpc) is 2.83. The second-order valence-corrected chi connectivity index (χ2v) is 5.83. The molecule has 1 saturated heterocycles. The highest BCUT2D eigenvalue weighted by Crippen LogP contribution is 2.19. The lowest BCUT2D eigenvalue weighted by Crippen LogP contribution is -2.41. The van der Waals surface area contributed by atoms with Crippen LogP contribution in [0.3, 0.4) is 0 Å². The van der Waals surface area contributed by atoms with Gasteiger partial charge in [-0.1, -0.05) is 0 Å². The van der Waals surface area contributed by atoms with Crippen LogP contribution in [0.4, 0.5) is 0 Å². The van der Waals surface area contributed by atoms with Crippen molar-refractivity contribution in [3.05, 3.63) is 16.6 Å². The van der Waals surface area contributed by atoms with Crippen LogP contribution >= 0.6 is 11.3 Å². The number of hydrogen-bond donors (Lipinski definition) is 1. The number of piperidine rings is 1. The number of thiazole rings is 1. The van der Waals surface area contributed by atoms with Crippen LogP contribution in [0.5, 0.6) is 0 Å².